The van der Waals surface area contributed by atoms with Gasteiger partial charge in [0.1, 0.15) is 12.3 Å². The van der Waals surface area contributed by atoms with Crippen LogP contribution < -0.4 is 15.9 Å². The van der Waals surface area contributed by atoms with Gasteiger partial charge in [-0.05, 0) is 25.1 Å². The lowest BCUT2D eigenvalue weighted by molar-refractivity contribution is -0.586. The summed E-state index contributed by atoms with van der Waals surface area (Å²) >= 11 is 0. The molecule has 5 heteroatoms. The summed E-state index contributed by atoms with van der Waals surface area (Å²) in [6.45, 7) is 2.27. The predicted molar refractivity (Wildman–Crippen MR) is 83.4 cm³/mol. The van der Waals surface area contributed by atoms with Crippen LogP contribution in [0.25, 0.3) is 0 Å². The molecule has 0 bridgehead atoms. The average Bonchev–Trinajstić information content (AvgIpc) is 2.85. The van der Waals surface area contributed by atoms with Crippen LogP contribution in [0.1, 0.15) is 18.1 Å². The van der Waals surface area contributed by atoms with E-state index in [4.69, 9.17) is 10.5 Å². The molecular weight excluding hydrogens is 278 g/mol. The van der Waals surface area contributed by atoms with Crippen molar-refractivity contribution < 1.29 is 14.2 Å². The number of amides is 1. The lowest BCUT2D eigenvalue weighted by Crippen LogP contribution is -2.44. The van der Waals surface area contributed by atoms with Gasteiger partial charge in [0.25, 0.3) is 11.7 Å². The van der Waals surface area contributed by atoms with E-state index < -0.39 is 6.10 Å². The number of benzene rings is 2. The van der Waals surface area contributed by atoms with E-state index in [0.717, 1.165) is 11.1 Å². The van der Waals surface area contributed by atoms with Gasteiger partial charge in [0.2, 0.25) is 0 Å². The average molecular weight is 296 g/mol. The molecule has 0 saturated heterocycles. The molecule has 2 aromatic rings. The third-order valence-electron chi connectivity index (χ3n) is 3.58. The molecule has 0 aliphatic carbocycles. The fraction of sp³-hybridized carbons (Fsp3) is 0.176. The Morgan fingerprint density at radius 3 is 2.59 bits per heavy atom. The first-order chi connectivity index (χ1) is 10.6. The van der Waals surface area contributed by atoms with E-state index in [1.165, 1.54) is 0 Å². The maximum absolute atomic E-state index is 12.3. The van der Waals surface area contributed by atoms with E-state index >= 15 is 0 Å². The third kappa shape index (κ3) is 2.79. The Morgan fingerprint density at radius 2 is 1.86 bits per heavy atom. The molecule has 0 radical (unpaired) electrons. The Hall–Kier alpha value is -2.82. The summed E-state index contributed by atoms with van der Waals surface area (Å²) in [6.07, 6.45) is -0.612. The Kier molecular flexibility index (Phi) is 3.78. The standard InChI is InChI=1S/C17H17N3O2/c1-12(22-14-8-3-2-4-9-14)17(21)19-20-11-13-7-5-6-10-15(13)16(20)18/h2-10,12,18H,11H2,1H3,(H,19,21)/p+1/t12-/m1/s1. The second-order valence-corrected chi connectivity index (χ2v) is 5.18. The monoisotopic (exact) mass is 296 g/mol. The Labute approximate surface area is 129 Å². The van der Waals surface area contributed by atoms with Gasteiger partial charge < -0.3 is 4.74 Å². The second kappa shape index (κ2) is 5.89. The first-order valence-corrected chi connectivity index (χ1v) is 7.15. The minimum absolute atomic E-state index is 0.236. The number of ether oxygens (including phenoxy) is 1. The highest BCUT2D eigenvalue weighted by Crippen LogP contribution is 2.15. The number of carbonyl (C=O) groups excluding carboxylic acids is 1. The van der Waals surface area contributed by atoms with Crippen molar-refractivity contribution in [2.45, 2.75) is 19.6 Å². The maximum Gasteiger partial charge on any atom is 0.299 e. The molecule has 1 amide bonds. The summed E-state index contributed by atoms with van der Waals surface area (Å²) in [5, 5.41) is 0. The van der Waals surface area contributed by atoms with Crippen LogP contribution >= 0.6 is 0 Å². The van der Waals surface area contributed by atoms with Gasteiger partial charge in [0.15, 0.2) is 6.10 Å². The number of hydrogen-bond acceptors (Lipinski definition) is 3. The molecule has 112 valence electrons. The van der Waals surface area contributed by atoms with Crippen molar-refractivity contribution in [2.24, 2.45) is 5.73 Å². The number of carbonyl (C=O) groups is 1. The van der Waals surface area contributed by atoms with E-state index in [1.807, 2.05) is 54.6 Å². The number of nitrogens with two attached hydrogens (primary N) is 1. The quantitative estimate of drug-likeness (QED) is 0.839. The van der Waals surface area contributed by atoms with Crippen molar-refractivity contribution in [1.29, 1.82) is 0 Å². The molecule has 3 rings (SSSR count). The largest absolute Gasteiger partial charge is 0.481 e. The van der Waals surface area contributed by atoms with Crippen LogP contribution in [0.3, 0.4) is 0 Å². The number of para-hydroxylation sites is 1. The molecule has 0 spiro atoms. The molecule has 5 nitrogen and oxygen atoms in total. The summed E-state index contributed by atoms with van der Waals surface area (Å²) in [5.74, 6) is 0.974. The minimum Gasteiger partial charge on any atom is -0.481 e. The van der Waals surface area contributed by atoms with Gasteiger partial charge in [-0.2, -0.15) is 10.1 Å². The van der Waals surface area contributed by atoms with Crippen molar-refractivity contribution in [3.05, 3.63) is 65.7 Å². The molecule has 3 N–H and O–H groups in total. The molecular formula is C17H18N3O2+. The molecule has 1 atom stereocenters. The molecule has 2 aromatic carbocycles. The minimum atomic E-state index is -0.612. The number of hydrazone groups is 1. The van der Waals surface area contributed by atoms with Gasteiger partial charge in [0.05, 0.1) is 5.56 Å². The molecule has 0 unspecified atom stereocenters. The highest BCUT2D eigenvalue weighted by molar-refractivity contribution is 5.96. The number of nitrogens with zero attached hydrogens (tertiary/aromatic N) is 1. The van der Waals surface area contributed by atoms with Crippen LogP contribution in [0, 0.1) is 0 Å². The van der Waals surface area contributed by atoms with Crippen LogP contribution in [-0.4, -0.2) is 22.5 Å². The maximum atomic E-state index is 12.3. The van der Waals surface area contributed by atoms with Crippen LogP contribution in [0.2, 0.25) is 0 Å². The molecule has 1 aliphatic rings. The summed E-state index contributed by atoms with van der Waals surface area (Å²) < 4.78 is 7.26. The normalized spacial score (nSPS) is 14.4. The van der Waals surface area contributed by atoms with Gasteiger partial charge in [-0.1, -0.05) is 36.4 Å². The van der Waals surface area contributed by atoms with E-state index in [9.17, 15) is 4.79 Å². The Morgan fingerprint density at radius 1 is 1.18 bits per heavy atom. The number of rotatable bonds is 4. The lowest BCUT2D eigenvalue weighted by atomic mass is 10.1. The summed E-state index contributed by atoms with van der Waals surface area (Å²) in [4.78, 5) is 12.3. The smallest absolute Gasteiger partial charge is 0.299 e. The zero-order valence-electron chi connectivity index (χ0n) is 12.3. The van der Waals surface area contributed by atoms with E-state index in [0.29, 0.717) is 18.1 Å². The second-order valence-electron chi connectivity index (χ2n) is 5.18. The van der Waals surface area contributed by atoms with E-state index in [2.05, 4.69) is 5.43 Å². The molecule has 22 heavy (non-hydrogen) atoms. The number of amidine groups is 1. The molecule has 0 saturated carbocycles. The first-order valence-electron chi connectivity index (χ1n) is 7.15. The molecule has 0 fully saturated rings. The zero-order chi connectivity index (χ0) is 15.5. The Balaban J connectivity index is 1.67. The van der Waals surface area contributed by atoms with Gasteiger partial charge in [0, 0.05) is 5.56 Å². The van der Waals surface area contributed by atoms with Gasteiger partial charge >= 0.3 is 0 Å². The SMILES string of the molecule is C[C@@H](Oc1ccccc1)C(=O)N[N+]1=C(N)c2ccccc2C1. The van der Waals surface area contributed by atoms with Crippen LogP contribution in [0.5, 0.6) is 5.75 Å². The third-order valence-corrected chi connectivity index (χ3v) is 3.58. The topological polar surface area (TPSA) is 67.4 Å². The van der Waals surface area contributed by atoms with Gasteiger partial charge in [-0.15, -0.1) is 0 Å². The highest BCUT2D eigenvalue weighted by Gasteiger charge is 2.27. The summed E-state index contributed by atoms with van der Waals surface area (Å²) in [7, 11) is 0. The number of nitrogens with one attached hydrogen (secondary N) is 1. The summed E-state index contributed by atoms with van der Waals surface area (Å²) in [6, 6.07) is 17.1. The van der Waals surface area contributed by atoms with Gasteiger partial charge in [-0.25, -0.2) is 0 Å². The van der Waals surface area contributed by atoms with Crippen molar-refractivity contribution in [3.8, 4) is 5.75 Å². The number of fused-ring (bicyclic) bond motifs is 1. The molecule has 0 aromatic heterocycles. The number of hydrazine groups is 1. The zero-order valence-corrected chi connectivity index (χ0v) is 12.3. The van der Waals surface area contributed by atoms with E-state index in [1.54, 1.807) is 11.6 Å². The van der Waals surface area contributed by atoms with Crippen LogP contribution in [0.4, 0.5) is 0 Å². The molecule has 1 aliphatic heterocycles. The fourth-order valence-electron chi connectivity index (χ4n) is 2.39. The predicted octanol–water partition coefficient (Wildman–Crippen LogP) is 1.42. The highest BCUT2D eigenvalue weighted by atomic mass is 16.5. The van der Waals surface area contributed by atoms with E-state index in [-0.39, 0.29) is 5.91 Å². The van der Waals surface area contributed by atoms with Crippen molar-refractivity contribution in [1.82, 2.24) is 5.43 Å². The van der Waals surface area contributed by atoms with Crippen molar-refractivity contribution >= 4 is 11.7 Å². The van der Waals surface area contributed by atoms with Crippen molar-refractivity contribution in [2.75, 3.05) is 0 Å². The van der Waals surface area contributed by atoms with Crippen molar-refractivity contribution in [3.63, 3.8) is 0 Å². The lowest BCUT2D eigenvalue weighted by Gasteiger charge is -2.14. The summed E-state index contributed by atoms with van der Waals surface area (Å²) in [5.41, 5.74) is 10.9. The van der Waals surface area contributed by atoms with Crippen LogP contribution in [-0.2, 0) is 11.3 Å². The van der Waals surface area contributed by atoms with Crippen LogP contribution in [0.15, 0.2) is 54.6 Å². The molecule has 1 heterocycles. The van der Waals surface area contributed by atoms with Gasteiger partial charge in [-0.3, -0.25) is 10.5 Å². The number of hydrogen-bond donors (Lipinski definition) is 2. The fourth-order valence-corrected chi connectivity index (χ4v) is 2.39. The Bertz CT molecular complexity index is 726. The first kappa shape index (κ1) is 14.1.